The number of aliphatic hydroxyl groups is 1. The second kappa shape index (κ2) is 7.41. The lowest BCUT2D eigenvalue weighted by Gasteiger charge is -2.38. The molecule has 0 radical (unpaired) electrons. The Morgan fingerprint density at radius 3 is 2.61 bits per heavy atom. The molecule has 3 rings (SSSR count). The van der Waals surface area contributed by atoms with E-state index in [2.05, 4.69) is 5.32 Å². The SMILES string of the molecule is O=C(C1CCNCC1)N1CC[C@H](O)[C@H](Cc2ccc(F)cc2)C1. The average Bonchev–Trinajstić information content (AvgIpc) is 2.59. The first kappa shape index (κ1) is 16.4. The van der Waals surface area contributed by atoms with Crippen LogP contribution in [0.3, 0.4) is 0 Å². The Bertz CT molecular complexity index is 528. The van der Waals surface area contributed by atoms with Crippen LogP contribution in [0.1, 0.15) is 24.8 Å². The molecule has 126 valence electrons. The van der Waals surface area contributed by atoms with Gasteiger partial charge >= 0.3 is 0 Å². The smallest absolute Gasteiger partial charge is 0.225 e. The first-order valence-electron chi connectivity index (χ1n) is 8.55. The Morgan fingerprint density at radius 1 is 1.22 bits per heavy atom. The lowest BCUT2D eigenvalue weighted by Crippen LogP contribution is -2.49. The number of likely N-dealkylation sites (tertiary alicyclic amines) is 1. The molecule has 0 spiro atoms. The van der Waals surface area contributed by atoms with Gasteiger partial charge in [-0.15, -0.1) is 0 Å². The van der Waals surface area contributed by atoms with Gasteiger partial charge in [-0.25, -0.2) is 4.39 Å². The van der Waals surface area contributed by atoms with Crippen molar-refractivity contribution in [1.82, 2.24) is 10.2 Å². The monoisotopic (exact) mass is 320 g/mol. The van der Waals surface area contributed by atoms with Crippen molar-refractivity contribution in [3.63, 3.8) is 0 Å². The van der Waals surface area contributed by atoms with E-state index in [1.807, 2.05) is 4.90 Å². The predicted octanol–water partition coefficient (Wildman–Crippen LogP) is 1.58. The highest BCUT2D eigenvalue weighted by molar-refractivity contribution is 5.79. The van der Waals surface area contributed by atoms with Gasteiger partial charge in [0.15, 0.2) is 0 Å². The minimum absolute atomic E-state index is 0.0277. The summed E-state index contributed by atoms with van der Waals surface area (Å²) in [5.74, 6) is 0.140. The zero-order chi connectivity index (χ0) is 16.2. The number of carbonyl (C=O) groups is 1. The maximum absolute atomic E-state index is 13.0. The highest BCUT2D eigenvalue weighted by Gasteiger charge is 2.33. The van der Waals surface area contributed by atoms with E-state index < -0.39 is 6.10 Å². The summed E-state index contributed by atoms with van der Waals surface area (Å²) in [6.07, 6.45) is 2.72. The summed E-state index contributed by atoms with van der Waals surface area (Å²) in [6, 6.07) is 6.41. The molecule has 1 aromatic rings. The molecule has 0 aromatic heterocycles. The fourth-order valence-electron chi connectivity index (χ4n) is 3.67. The number of carbonyl (C=O) groups excluding carboxylic acids is 1. The van der Waals surface area contributed by atoms with Gasteiger partial charge in [-0.05, 0) is 56.5 Å². The van der Waals surface area contributed by atoms with Crippen LogP contribution in [-0.4, -0.2) is 48.2 Å². The van der Waals surface area contributed by atoms with Gasteiger partial charge in [-0.3, -0.25) is 4.79 Å². The van der Waals surface area contributed by atoms with Crippen molar-refractivity contribution in [3.05, 3.63) is 35.6 Å². The maximum Gasteiger partial charge on any atom is 0.225 e. The highest BCUT2D eigenvalue weighted by atomic mass is 19.1. The molecule has 5 heteroatoms. The molecule has 2 aliphatic heterocycles. The first-order valence-corrected chi connectivity index (χ1v) is 8.55. The molecular weight excluding hydrogens is 295 g/mol. The lowest BCUT2D eigenvalue weighted by molar-refractivity contribution is -0.140. The summed E-state index contributed by atoms with van der Waals surface area (Å²) in [4.78, 5) is 14.6. The largest absolute Gasteiger partial charge is 0.393 e. The van der Waals surface area contributed by atoms with E-state index in [1.165, 1.54) is 12.1 Å². The van der Waals surface area contributed by atoms with Crippen LogP contribution in [0.5, 0.6) is 0 Å². The Kier molecular flexibility index (Phi) is 5.28. The number of aliphatic hydroxyl groups excluding tert-OH is 1. The van der Waals surface area contributed by atoms with Crippen molar-refractivity contribution in [2.24, 2.45) is 11.8 Å². The van der Waals surface area contributed by atoms with Crippen LogP contribution in [0.25, 0.3) is 0 Å². The summed E-state index contributed by atoms with van der Waals surface area (Å²) in [5, 5.41) is 13.6. The molecule has 23 heavy (non-hydrogen) atoms. The number of hydrogen-bond donors (Lipinski definition) is 2. The molecule has 1 aromatic carbocycles. The Morgan fingerprint density at radius 2 is 1.91 bits per heavy atom. The molecule has 0 saturated carbocycles. The van der Waals surface area contributed by atoms with Gasteiger partial charge in [-0.1, -0.05) is 12.1 Å². The maximum atomic E-state index is 13.0. The van der Waals surface area contributed by atoms with Crippen molar-refractivity contribution in [2.75, 3.05) is 26.2 Å². The second-order valence-electron chi connectivity index (χ2n) is 6.76. The predicted molar refractivity (Wildman–Crippen MR) is 86.4 cm³/mol. The Hall–Kier alpha value is -1.46. The summed E-state index contributed by atoms with van der Waals surface area (Å²) in [7, 11) is 0. The fraction of sp³-hybridized carbons (Fsp3) is 0.611. The second-order valence-corrected chi connectivity index (χ2v) is 6.76. The van der Waals surface area contributed by atoms with Crippen LogP contribution < -0.4 is 5.32 Å². The molecule has 2 heterocycles. The number of nitrogens with one attached hydrogen (secondary N) is 1. The van der Waals surface area contributed by atoms with Crippen molar-refractivity contribution >= 4 is 5.91 Å². The number of nitrogens with zero attached hydrogens (tertiary/aromatic N) is 1. The normalized spacial score (nSPS) is 26.3. The first-order chi connectivity index (χ1) is 11.1. The molecule has 0 unspecified atom stereocenters. The van der Waals surface area contributed by atoms with Crippen molar-refractivity contribution in [2.45, 2.75) is 31.8 Å². The highest BCUT2D eigenvalue weighted by Crippen LogP contribution is 2.25. The van der Waals surface area contributed by atoms with Crippen LogP contribution in [0, 0.1) is 17.7 Å². The van der Waals surface area contributed by atoms with Crippen LogP contribution in [-0.2, 0) is 11.2 Å². The van der Waals surface area contributed by atoms with E-state index >= 15 is 0 Å². The van der Waals surface area contributed by atoms with Crippen molar-refractivity contribution < 1.29 is 14.3 Å². The molecule has 1 amide bonds. The molecule has 2 fully saturated rings. The topological polar surface area (TPSA) is 52.6 Å². The van der Waals surface area contributed by atoms with Crippen molar-refractivity contribution in [1.29, 1.82) is 0 Å². The third-order valence-electron chi connectivity index (χ3n) is 5.11. The van der Waals surface area contributed by atoms with E-state index in [0.717, 1.165) is 31.5 Å². The molecular formula is C18H25FN2O2. The van der Waals surface area contributed by atoms with E-state index in [1.54, 1.807) is 12.1 Å². The molecule has 2 N–H and O–H groups in total. The summed E-state index contributed by atoms with van der Waals surface area (Å²) >= 11 is 0. The van der Waals surface area contributed by atoms with Crippen LogP contribution in [0.2, 0.25) is 0 Å². The number of halogens is 1. The fourth-order valence-corrected chi connectivity index (χ4v) is 3.67. The molecule has 2 saturated heterocycles. The van der Waals surface area contributed by atoms with Gasteiger partial charge in [0.1, 0.15) is 5.82 Å². The molecule has 4 nitrogen and oxygen atoms in total. The van der Waals surface area contributed by atoms with Crippen LogP contribution >= 0.6 is 0 Å². The summed E-state index contributed by atoms with van der Waals surface area (Å²) < 4.78 is 13.0. The van der Waals surface area contributed by atoms with E-state index in [4.69, 9.17) is 0 Å². The zero-order valence-corrected chi connectivity index (χ0v) is 13.4. The minimum atomic E-state index is -0.392. The van der Waals surface area contributed by atoms with E-state index in [0.29, 0.717) is 25.9 Å². The molecule has 0 aliphatic carbocycles. The lowest BCUT2D eigenvalue weighted by atomic mass is 9.87. The Labute approximate surface area is 136 Å². The standard InChI is InChI=1S/C18H25FN2O2/c19-16-3-1-13(2-4-16)11-15-12-21(10-7-17(15)22)18(23)14-5-8-20-9-6-14/h1-4,14-15,17,20,22H,5-12H2/t15-,17+/m1/s1. The minimum Gasteiger partial charge on any atom is -0.393 e. The zero-order valence-electron chi connectivity index (χ0n) is 13.4. The number of amides is 1. The molecule has 0 bridgehead atoms. The Balaban J connectivity index is 1.61. The van der Waals surface area contributed by atoms with Gasteiger partial charge in [0, 0.05) is 24.9 Å². The third-order valence-corrected chi connectivity index (χ3v) is 5.11. The summed E-state index contributed by atoms with van der Waals surface area (Å²) in [6.45, 7) is 3.06. The van der Waals surface area contributed by atoms with E-state index in [-0.39, 0.29) is 23.6 Å². The average molecular weight is 320 g/mol. The number of benzene rings is 1. The third kappa shape index (κ3) is 4.09. The number of piperidine rings is 2. The molecule has 2 aliphatic rings. The number of rotatable bonds is 3. The van der Waals surface area contributed by atoms with Gasteiger partial charge in [0.05, 0.1) is 6.10 Å². The summed E-state index contributed by atoms with van der Waals surface area (Å²) in [5.41, 5.74) is 1.01. The quantitative estimate of drug-likeness (QED) is 0.889. The molecule has 2 atom stereocenters. The van der Waals surface area contributed by atoms with Gasteiger partial charge in [0.25, 0.3) is 0 Å². The van der Waals surface area contributed by atoms with Gasteiger partial charge < -0.3 is 15.3 Å². The van der Waals surface area contributed by atoms with E-state index in [9.17, 15) is 14.3 Å². The van der Waals surface area contributed by atoms with Crippen LogP contribution in [0.15, 0.2) is 24.3 Å². The van der Waals surface area contributed by atoms with Crippen molar-refractivity contribution in [3.8, 4) is 0 Å². The van der Waals surface area contributed by atoms with Gasteiger partial charge in [-0.2, -0.15) is 0 Å². The van der Waals surface area contributed by atoms with Gasteiger partial charge in [0.2, 0.25) is 5.91 Å². The van der Waals surface area contributed by atoms with Crippen LogP contribution in [0.4, 0.5) is 4.39 Å². The number of hydrogen-bond acceptors (Lipinski definition) is 3.